The van der Waals surface area contributed by atoms with Crippen LogP contribution in [0.4, 0.5) is 0 Å². The summed E-state index contributed by atoms with van der Waals surface area (Å²) < 4.78 is 10.5. The predicted octanol–water partition coefficient (Wildman–Crippen LogP) is 2.89. The van der Waals surface area contributed by atoms with E-state index in [-0.39, 0.29) is 18.7 Å². The molecule has 0 bridgehead atoms. The molecular formula is C20H23NO5. The number of carboxylic acid groups (broad SMARTS) is 1. The Morgan fingerprint density at radius 1 is 1.12 bits per heavy atom. The molecule has 1 amide bonds. The molecular weight excluding hydrogens is 334 g/mol. The highest BCUT2D eigenvalue weighted by atomic mass is 16.5. The highest BCUT2D eigenvalue weighted by Gasteiger charge is 2.20. The Hall–Kier alpha value is -3.02. The highest BCUT2D eigenvalue weighted by molar-refractivity contribution is 5.81. The number of hydrogen-bond donors (Lipinski definition) is 2. The van der Waals surface area contributed by atoms with Gasteiger partial charge < -0.3 is 19.9 Å². The molecule has 0 radical (unpaired) electrons. The number of benzene rings is 2. The maximum absolute atomic E-state index is 12.6. The van der Waals surface area contributed by atoms with Crippen LogP contribution < -0.4 is 14.8 Å². The lowest BCUT2D eigenvalue weighted by Crippen LogP contribution is -2.31. The number of hydrogen-bond acceptors (Lipinski definition) is 4. The first kappa shape index (κ1) is 19.3. The van der Waals surface area contributed by atoms with E-state index in [0.29, 0.717) is 17.1 Å². The van der Waals surface area contributed by atoms with Crippen LogP contribution in [0.15, 0.2) is 42.5 Å². The lowest BCUT2D eigenvalue weighted by atomic mass is 9.98. The minimum Gasteiger partial charge on any atom is -0.497 e. The number of amides is 1. The van der Waals surface area contributed by atoms with Gasteiger partial charge in [-0.3, -0.25) is 9.59 Å². The molecule has 2 aromatic rings. The van der Waals surface area contributed by atoms with Crippen LogP contribution in [0, 0.1) is 6.92 Å². The molecule has 6 nitrogen and oxygen atoms in total. The maximum Gasteiger partial charge on any atom is 0.305 e. The maximum atomic E-state index is 12.6. The van der Waals surface area contributed by atoms with Crippen molar-refractivity contribution in [3.05, 3.63) is 59.2 Å². The minimum atomic E-state index is -0.975. The number of rotatable bonds is 8. The molecule has 2 N–H and O–H groups in total. The fourth-order valence-electron chi connectivity index (χ4n) is 2.83. The van der Waals surface area contributed by atoms with E-state index < -0.39 is 12.0 Å². The molecule has 0 spiro atoms. The van der Waals surface area contributed by atoms with Crippen LogP contribution in [0.2, 0.25) is 0 Å². The molecule has 0 aliphatic heterocycles. The van der Waals surface area contributed by atoms with E-state index in [9.17, 15) is 14.7 Å². The third-order valence-electron chi connectivity index (χ3n) is 4.12. The number of carbonyl (C=O) groups is 2. The summed E-state index contributed by atoms with van der Waals surface area (Å²) in [6.07, 6.45) is -0.131. The quantitative estimate of drug-likeness (QED) is 0.759. The molecule has 1 unspecified atom stereocenters. The predicted molar refractivity (Wildman–Crippen MR) is 97.6 cm³/mol. The molecule has 0 fully saturated rings. The first-order chi connectivity index (χ1) is 12.4. The largest absolute Gasteiger partial charge is 0.497 e. The van der Waals surface area contributed by atoms with Crippen molar-refractivity contribution < 1.29 is 24.2 Å². The molecule has 0 aromatic heterocycles. The Labute approximate surface area is 152 Å². The Bertz CT molecular complexity index is 788. The molecule has 0 heterocycles. The highest BCUT2D eigenvalue weighted by Crippen LogP contribution is 2.25. The summed E-state index contributed by atoms with van der Waals surface area (Å²) in [5.41, 5.74) is 2.39. The van der Waals surface area contributed by atoms with Crippen molar-refractivity contribution in [2.75, 3.05) is 14.2 Å². The summed E-state index contributed by atoms with van der Waals surface area (Å²) >= 11 is 0. The second kappa shape index (κ2) is 8.89. The molecule has 0 aliphatic carbocycles. The Balaban J connectivity index is 2.20. The van der Waals surface area contributed by atoms with Gasteiger partial charge in [-0.05, 0) is 36.2 Å². The number of carbonyl (C=O) groups excluding carboxylic acids is 1. The standard InChI is InChI=1S/C20H23NO5/c1-13-6-4-5-7-16(13)17(12-20(23)24)21-19(22)11-14-10-15(25-2)8-9-18(14)26-3/h4-10,17H,11-12H2,1-3H3,(H,21,22)(H,23,24). The molecule has 6 heteroatoms. The van der Waals surface area contributed by atoms with Gasteiger partial charge in [0.05, 0.1) is 33.1 Å². The van der Waals surface area contributed by atoms with Crippen molar-refractivity contribution >= 4 is 11.9 Å². The van der Waals surface area contributed by atoms with Gasteiger partial charge in [0.25, 0.3) is 0 Å². The van der Waals surface area contributed by atoms with E-state index in [4.69, 9.17) is 9.47 Å². The van der Waals surface area contributed by atoms with E-state index in [1.165, 1.54) is 7.11 Å². The van der Waals surface area contributed by atoms with Crippen molar-refractivity contribution in [3.63, 3.8) is 0 Å². The Kier molecular flexibility index (Phi) is 6.60. The summed E-state index contributed by atoms with van der Waals surface area (Å²) in [6.45, 7) is 1.89. The van der Waals surface area contributed by atoms with Crippen LogP contribution in [0.3, 0.4) is 0 Å². The van der Waals surface area contributed by atoms with Crippen molar-refractivity contribution in [2.45, 2.75) is 25.8 Å². The van der Waals surface area contributed by atoms with Crippen LogP contribution >= 0.6 is 0 Å². The average Bonchev–Trinajstić information content (AvgIpc) is 2.61. The second-order valence-corrected chi connectivity index (χ2v) is 5.93. The van der Waals surface area contributed by atoms with Gasteiger partial charge >= 0.3 is 5.97 Å². The van der Waals surface area contributed by atoms with Gasteiger partial charge in [-0.25, -0.2) is 0 Å². The smallest absolute Gasteiger partial charge is 0.305 e. The SMILES string of the molecule is COc1ccc(OC)c(CC(=O)NC(CC(=O)O)c2ccccc2C)c1. The molecule has 138 valence electrons. The van der Waals surface area contributed by atoms with Crippen LogP contribution in [0.25, 0.3) is 0 Å². The number of aliphatic carboxylic acids is 1. The third kappa shape index (κ3) is 4.99. The van der Waals surface area contributed by atoms with E-state index in [0.717, 1.165) is 11.1 Å². The van der Waals surface area contributed by atoms with Crippen LogP contribution in [0.1, 0.15) is 29.2 Å². The van der Waals surface area contributed by atoms with Gasteiger partial charge in [-0.1, -0.05) is 24.3 Å². The first-order valence-corrected chi connectivity index (χ1v) is 8.22. The van der Waals surface area contributed by atoms with Gasteiger partial charge in [-0.2, -0.15) is 0 Å². The number of carboxylic acids is 1. The van der Waals surface area contributed by atoms with Crippen LogP contribution in [0.5, 0.6) is 11.5 Å². The fraction of sp³-hybridized carbons (Fsp3) is 0.300. The summed E-state index contributed by atoms with van der Waals surface area (Å²) in [5, 5.41) is 12.0. The monoisotopic (exact) mass is 357 g/mol. The van der Waals surface area contributed by atoms with Crippen LogP contribution in [-0.4, -0.2) is 31.2 Å². The fourth-order valence-corrected chi connectivity index (χ4v) is 2.83. The molecule has 0 aliphatic rings. The van der Waals surface area contributed by atoms with Crippen LogP contribution in [-0.2, 0) is 16.0 Å². The van der Waals surface area contributed by atoms with Gasteiger partial charge in [0, 0.05) is 5.56 Å². The molecule has 0 saturated heterocycles. The summed E-state index contributed by atoms with van der Waals surface area (Å²) in [7, 11) is 3.08. The molecule has 1 atom stereocenters. The van der Waals surface area contributed by atoms with Crippen molar-refractivity contribution in [3.8, 4) is 11.5 Å². The summed E-state index contributed by atoms with van der Waals surface area (Å²) in [6, 6.07) is 12.0. The lowest BCUT2D eigenvalue weighted by molar-refractivity contribution is -0.137. The number of ether oxygens (including phenoxy) is 2. The van der Waals surface area contributed by atoms with Gasteiger partial charge in [0.2, 0.25) is 5.91 Å². The molecule has 2 aromatic carbocycles. The van der Waals surface area contributed by atoms with E-state index in [2.05, 4.69) is 5.32 Å². The summed E-state index contributed by atoms with van der Waals surface area (Å²) in [4.78, 5) is 23.8. The number of methoxy groups -OCH3 is 2. The van der Waals surface area contributed by atoms with E-state index >= 15 is 0 Å². The zero-order valence-corrected chi connectivity index (χ0v) is 15.1. The topological polar surface area (TPSA) is 84.9 Å². The number of nitrogens with one attached hydrogen (secondary N) is 1. The zero-order chi connectivity index (χ0) is 19.1. The third-order valence-corrected chi connectivity index (χ3v) is 4.12. The van der Waals surface area contributed by atoms with Gasteiger partial charge in [0.15, 0.2) is 0 Å². The van der Waals surface area contributed by atoms with Gasteiger partial charge in [-0.15, -0.1) is 0 Å². The van der Waals surface area contributed by atoms with Gasteiger partial charge in [0.1, 0.15) is 11.5 Å². The normalized spacial score (nSPS) is 11.5. The summed E-state index contributed by atoms with van der Waals surface area (Å²) in [5.74, 6) is -0.0650. The van der Waals surface area contributed by atoms with Crippen molar-refractivity contribution in [1.29, 1.82) is 0 Å². The minimum absolute atomic E-state index is 0.0579. The van der Waals surface area contributed by atoms with Crippen molar-refractivity contribution in [2.24, 2.45) is 0 Å². The number of aryl methyl sites for hydroxylation is 1. The molecule has 26 heavy (non-hydrogen) atoms. The van der Waals surface area contributed by atoms with Crippen molar-refractivity contribution in [1.82, 2.24) is 5.32 Å². The lowest BCUT2D eigenvalue weighted by Gasteiger charge is -2.20. The zero-order valence-electron chi connectivity index (χ0n) is 15.1. The Morgan fingerprint density at radius 2 is 1.85 bits per heavy atom. The molecule has 2 rings (SSSR count). The molecule has 0 saturated carbocycles. The average molecular weight is 357 g/mol. The Morgan fingerprint density at radius 3 is 2.46 bits per heavy atom. The van der Waals surface area contributed by atoms with E-state index in [1.54, 1.807) is 25.3 Å². The first-order valence-electron chi connectivity index (χ1n) is 8.22. The second-order valence-electron chi connectivity index (χ2n) is 5.93. The van der Waals surface area contributed by atoms with E-state index in [1.807, 2.05) is 31.2 Å².